The van der Waals surface area contributed by atoms with Crippen LogP contribution in [-0.4, -0.2) is 27.3 Å². The quantitative estimate of drug-likeness (QED) is 0.289. The molecule has 0 aromatic carbocycles. The SMILES string of the molecule is [O-][NH2+][O-].[O-][NH2+][O-].[O-][NH2+][O-].[PbH+3]. The average Bonchev–Trinajstić information content (AvgIpc) is 1.70. The molecule has 62 valence electrons. The molecule has 0 atom stereocenters. The van der Waals surface area contributed by atoms with Crippen molar-refractivity contribution in [3.05, 3.63) is 31.2 Å². The number of quaternary nitrogens is 3. The fourth-order valence-electron chi connectivity index (χ4n) is 0. The van der Waals surface area contributed by atoms with Crippen LogP contribution in [0.5, 0.6) is 0 Å². The van der Waals surface area contributed by atoms with Crippen molar-refractivity contribution in [3.8, 4) is 0 Å². The van der Waals surface area contributed by atoms with Gasteiger partial charge in [0.05, 0.1) is 0 Å². The summed E-state index contributed by atoms with van der Waals surface area (Å²) in [5, 5.41) is 49.5. The summed E-state index contributed by atoms with van der Waals surface area (Å²) in [7, 11) is 0. The molecule has 0 heterocycles. The van der Waals surface area contributed by atoms with Gasteiger partial charge in [0, 0.05) is 0 Å². The van der Waals surface area contributed by atoms with Gasteiger partial charge in [-0.3, -0.25) is 0 Å². The molecule has 9 nitrogen and oxygen atoms in total. The van der Waals surface area contributed by atoms with E-state index in [1.54, 1.807) is 0 Å². The second-order valence-corrected chi connectivity index (χ2v) is 0.289. The monoisotopic (exact) mass is 353 g/mol. The van der Waals surface area contributed by atoms with Gasteiger partial charge in [-0.05, 0) is 0 Å². The summed E-state index contributed by atoms with van der Waals surface area (Å²) >= 11 is 0. The molecule has 6 N–H and O–H groups in total. The summed E-state index contributed by atoms with van der Waals surface area (Å²) in [5.41, 5.74) is -1.50. The summed E-state index contributed by atoms with van der Waals surface area (Å²) in [6, 6.07) is 0. The van der Waals surface area contributed by atoms with E-state index in [-0.39, 0.29) is 27.3 Å². The minimum atomic E-state index is -0.500. The molecule has 0 radical (unpaired) electrons. The van der Waals surface area contributed by atoms with Crippen LogP contribution in [-0.2, 0) is 0 Å². The van der Waals surface area contributed by atoms with Crippen LogP contribution in [0.2, 0.25) is 0 Å². The van der Waals surface area contributed by atoms with Crippen LogP contribution in [0.15, 0.2) is 0 Å². The second-order valence-electron chi connectivity index (χ2n) is 0.289. The molecule has 0 amide bonds. The Bertz CT molecular complexity index is 17.7. The van der Waals surface area contributed by atoms with E-state index in [0.717, 1.165) is 0 Å². The van der Waals surface area contributed by atoms with Crippen molar-refractivity contribution < 1.29 is 16.9 Å². The van der Waals surface area contributed by atoms with Crippen molar-refractivity contribution in [2.45, 2.75) is 0 Å². The first-order valence-corrected chi connectivity index (χ1v) is 1.41. The summed E-state index contributed by atoms with van der Waals surface area (Å²) in [4.78, 5) is 0. The molecule has 0 unspecified atom stereocenters. The Morgan fingerprint density at radius 3 is 0.500 bits per heavy atom. The van der Waals surface area contributed by atoms with Gasteiger partial charge in [-0.15, -0.1) is 0 Å². The van der Waals surface area contributed by atoms with Crippen LogP contribution in [0.25, 0.3) is 0 Å². The van der Waals surface area contributed by atoms with E-state index in [1.807, 2.05) is 0 Å². The third-order valence-electron chi connectivity index (χ3n) is 0. The van der Waals surface area contributed by atoms with E-state index < -0.39 is 16.9 Å². The van der Waals surface area contributed by atoms with Crippen molar-refractivity contribution in [2.24, 2.45) is 0 Å². The fourth-order valence-corrected chi connectivity index (χ4v) is 0. The van der Waals surface area contributed by atoms with Gasteiger partial charge < -0.3 is 48.2 Å². The third kappa shape index (κ3) is 1550. The zero-order valence-corrected chi connectivity index (χ0v) is 9.25. The Hall–Kier alpha value is 0.562. The van der Waals surface area contributed by atoms with E-state index in [1.165, 1.54) is 0 Å². The number of hydrogen-bond acceptors (Lipinski definition) is 6. The molecule has 0 aliphatic rings. The normalized spacial score (nSPS) is 5.40. The summed E-state index contributed by atoms with van der Waals surface area (Å²) in [6.45, 7) is 0. The van der Waals surface area contributed by atoms with Crippen LogP contribution in [0, 0.1) is 31.2 Å². The standard InChI is InChI=1S/3H2NO2.Pb.H/c3*2-1-3;;/h3*1H2;;/q3*-1;+3;. The van der Waals surface area contributed by atoms with Crippen LogP contribution in [0.1, 0.15) is 0 Å². The molecule has 0 aliphatic heterocycles. The minimum absolute atomic E-state index is 0. The number of rotatable bonds is 0. The van der Waals surface area contributed by atoms with E-state index >= 15 is 0 Å². The fraction of sp³-hybridized carbons (Fsp3) is 0. The van der Waals surface area contributed by atoms with Gasteiger partial charge in [0.1, 0.15) is 0 Å². The molecular weight excluding hydrogens is 345 g/mol. The molecule has 0 aliphatic carbocycles. The molecule has 0 aromatic heterocycles. The second kappa shape index (κ2) is 55.2. The van der Waals surface area contributed by atoms with Crippen LogP contribution in [0.4, 0.5) is 0 Å². The van der Waals surface area contributed by atoms with E-state index in [4.69, 9.17) is 31.2 Å². The predicted octanol–water partition coefficient (Wildman–Crippen LogP) is -5.01. The molecule has 0 spiro atoms. The molecule has 10 heavy (non-hydrogen) atoms. The molecule has 0 saturated carbocycles. The zero-order valence-electron chi connectivity index (χ0n) is 4.76. The van der Waals surface area contributed by atoms with Gasteiger partial charge in [-0.1, -0.05) is 0 Å². The van der Waals surface area contributed by atoms with E-state index in [0.29, 0.717) is 0 Å². The van der Waals surface area contributed by atoms with Crippen LogP contribution < -0.4 is 16.9 Å². The summed E-state index contributed by atoms with van der Waals surface area (Å²) < 4.78 is 0. The van der Waals surface area contributed by atoms with Crippen LogP contribution in [0.3, 0.4) is 0 Å². The van der Waals surface area contributed by atoms with Gasteiger partial charge in [0.15, 0.2) is 0 Å². The van der Waals surface area contributed by atoms with Gasteiger partial charge in [0.2, 0.25) is 0 Å². The first-order valence-electron chi connectivity index (χ1n) is 1.41. The Labute approximate surface area is 75.8 Å². The van der Waals surface area contributed by atoms with Gasteiger partial charge in [-0.2, -0.15) is 0 Å². The third-order valence-corrected chi connectivity index (χ3v) is 0. The van der Waals surface area contributed by atoms with Crippen molar-refractivity contribution in [1.82, 2.24) is 0 Å². The molecule has 10 heteroatoms. The maximum atomic E-state index is 8.25. The summed E-state index contributed by atoms with van der Waals surface area (Å²) in [5.74, 6) is 0. The Morgan fingerprint density at radius 2 is 0.500 bits per heavy atom. The van der Waals surface area contributed by atoms with Crippen molar-refractivity contribution in [2.75, 3.05) is 0 Å². The van der Waals surface area contributed by atoms with Crippen molar-refractivity contribution in [3.63, 3.8) is 0 Å². The Balaban J connectivity index is -0.0000000257. The Morgan fingerprint density at radius 1 is 0.500 bits per heavy atom. The molecule has 0 fully saturated rings. The topological polar surface area (TPSA) is 188 Å². The molecule has 0 bridgehead atoms. The predicted molar refractivity (Wildman–Crippen MR) is 33.1 cm³/mol. The first kappa shape index (κ1) is 22.4. The average molecular weight is 352 g/mol. The number of hydrogen-bond donors (Lipinski definition) is 3. The van der Waals surface area contributed by atoms with Gasteiger partial charge in [0.25, 0.3) is 0 Å². The van der Waals surface area contributed by atoms with Crippen LogP contribution >= 0.6 is 0 Å². The van der Waals surface area contributed by atoms with Gasteiger partial charge in [-0.25, -0.2) is 0 Å². The molecular formula is H7N3O6Pb. The summed E-state index contributed by atoms with van der Waals surface area (Å²) in [6.07, 6.45) is 0. The Kier molecular flexibility index (Phi) is 124. The van der Waals surface area contributed by atoms with Crippen molar-refractivity contribution in [1.29, 1.82) is 0 Å². The van der Waals surface area contributed by atoms with Crippen molar-refractivity contribution >= 4 is 27.3 Å². The zero-order chi connectivity index (χ0) is 8.12. The van der Waals surface area contributed by atoms with E-state index in [9.17, 15) is 0 Å². The molecule has 0 rings (SSSR count). The first-order chi connectivity index (χ1) is 4.24. The maximum absolute atomic E-state index is 8.25. The molecule has 0 saturated heterocycles. The number of nitrogens with two attached hydrogens (primary N) is 3. The molecule has 0 aromatic rings. The van der Waals surface area contributed by atoms with Gasteiger partial charge >= 0.3 is 27.3 Å². The van der Waals surface area contributed by atoms with E-state index in [2.05, 4.69) is 0 Å².